The zero-order valence-electron chi connectivity index (χ0n) is 10.4. The number of rotatable bonds is 5. The molecular weight excluding hydrogens is 248 g/mol. The van der Waals surface area contributed by atoms with E-state index < -0.39 is 6.03 Å². The summed E-state index contributed by atoms with van der Waals surface area (Å²) >= 11 is 0. The van der Waals surface area contributed by atoms with Crippen molar-refractivity contribution < 1.29 is 14.3 Å². The molecule has 0 bridgehead atoms. The van der Waals surface area contributed by atoms with Gasteiger partial charge in [0.25, 0.3) is 5.91 Å². The minimum absolute atomic E-state index is 0.0589. The van der Waals surface area contributed by atoms with Gasteiger partial charge in [-0.1, -0.05) is 6.07 Å². The molecule has 0 radical (unpaired) electrons. The molecule has 19 heavy (non-hydrogen) atoms. The first-order chi connectivity index (χ1) is 9.15. The molecule has 1 aliphatic heterocycles. The van der Waals surface area contributed by atoms with E-state index in [9.17, 15) is 9.59 Å². The highest BCUT2D eigenvalue weighted by molar-refractivity contribution is 5.95. The summed E-state index contributed by atoms with van der Waals surface area (Å²) in [6, 6.07) is 5.08. The molecule has 0 saturated heterocycles. The van der Waals surface area contributed by atoms with Crippen molar-refractivity contribution in [3.8, 4) is 5.75 Å². The number of carbonyl (C=O) groups is 2. The highest BCUT2D eigenvalue weighted by Crippen LogP contribution is 2.28. The summed E-state index contributed by atoms with van der Waals surface area (Å²) in [5, 5.41) is 8.39. The molecule has 7 nitrogen and oxygen atoms in total. The van der Waals surface area contributed by atoms with E-state index in [0.29, 0.717) is 31.1 Å². The third kappa shape index (κ3) is 3.85. The fourth-order valence-electron chi connectivity index (χ4n) is 1.75. The van der Waals surface area contributed by atoms with E-state index in [2.05, 4.69) is 16.0 Å². The van der Waals surface area contributed by atoms with Crippen molar-refractivity contribution in [2.45, 2.75) is 6.54 Å². The van der Waals surface area contributed by atoms with Crippen LogP contribution < -0.4 is 26.4 Å². The number of primary amides is 1. The van der Waals surface area contributed by atoms with Gasteiger partial charge in [-0.05, 0) is 17.7 Å². The van der Waals surface area contributed by atoms with Crippen molar-refractivity contribution >= 4 is 17.6 Å². The minimum atomic E-state index is -0.532. The van der Waals surface area contributed by atoms with Crippen molar-refractivity contribution in [2.75, 3.05) is 25.0 Å². The van der Waals surface area contributed by atoms with E-state index in [1.54, 1.807) is 0 Å². The van der Waals surface area contributed by atoms with Gasteiger partial charge in [0.05, 0.1) is 5.69 Å². The van der Waals surface area contributed by atoms with Gasteiger partial charge in [0.15, 0.2) is 6.61 Å². The lowest BCUT2D eigenvalue weighted by atomic mass is 10.1. The van der Waals surface area contributed by atoms with E-state index in [1.807, 2.05) is 18.2 Å². The van der Waals surface area contributed by atoms with Gasteiger partial charge in [0.1, 0.15) is 5.75 Å². The third-order valence-corrected chi connectivity index (χ3v) is 2.61. The van der Waals surface area contributed by atoms with Crippen molar-refractivity contribution in [1.29, 1.82) is 0 Å². The Morgan fingerprint density at radius 2 is 2.26 bits per heavy atom. The van der Waals surface area contributed by atoms with E-state index in [1.165, 1.54) is 0 Å². The zero-order valence-corrected chi connectivity index (χ0v) is 10.4. The number of urea groups is 1. The third-order valence-electron chi connectivity index (χ3n) is 2.61. The topological polar surface area (TPSA) is 105 Å². The Morgan fingerprint density at radius 3 is 3.05 bits per heavy atom. The number of amides is 3. The van der Waals surface area contributed by atoms with Crippen LogP contribution in [0.2, 0.25) is 0 Å². The van der Waals surface area contributed by atoms with Crippen LogP contribution in [0.4, 0.5) is 10.5 Å². The molecule has 1 aromatic rings. The minimum Gasteiger partial charge on any atom is -0.482 e. The lowest BCUT2D eigenvalue weighted by molar-refractivity contribution is -0.118. The fraction of sp³-hybridized carbons (Fsp3) is 0.333. The first-order valence-electron chi connectivity index (χ1n) is 5.95. The molecule has 3 amide bonds. The molecule has 7 heteroatoms. The van der Waals surface area contributed by atoms with Gasteiger partial charge in [0.2, 0.25) is 0 Å². The van der Waals surface area contributed by atoms with E-state index in [4.69, 9.17) is 10.5 Å². The number of benzene rings is 1. The normalized spacial score (nSPS) is 13.2. The van der Waals surface area contributed by atoms with E-state index in [0.717, 1.165) is 5.56 Å². The Hall–Kier alpha value is -2.28. The lowest BCUT2D eigenvalue weighted by Gasteiger charge is -2.18. The van der Waals surface area contributed by atoms with Gasteiger partial charge in [-0.15, -0.1) is 0 Å². The van der Waals surface area contributed by atoms with Gasteiger partial charge >= 0.3 is 6.03 Å². The van der Waals surface area contributed by atoms with Crippen molar-refractivity contribution in [3.05, 3.63) is 23.8 Å². The molecule has 0 saturated carbocycles. The summed E-state index contributed by atoms with van der Waals surface area (Å²) < 4.78 is 5.27. The smallest absolute Gasteiger partial charge is 0.312 e. The Labute approximate surface area is 110 Å². The van der Waals surface area contributed by atoms with Crippen LogP contribution in [0.3, 0.4) is 0 Å². The van der Waals surface area contributed by atoms with E-state index >= 15 is 0 Å². The van der Waals surface area contributed by atoms with Crippen molar-refractivity contribution in [1.82, 2.24) is 10.6 Å². The number of hydrogen-bond donors (Lipinski definition) is 4. The lowest BCUT2D eigenvalue weighted by Crippen LogP contribution is -2.35. The van der Waals surface area contributed by atoms with Crippen molar-refractivity contribution in [3.63, 3.8) is 0 Å². The van der Waals surface area contributed by atoms with Crippen LogP contribution in [-0.2, 0) is 11.3 Å². The maximum absolute atomic E-state index is 11.2. The molecule has 0 aromatic heterocycles. The van der Waals surface area contributed by atoms with Gasteiger partial charge in [-0.2, -0.15) is 0 Å². The summed E-state index contributed by atoms with van der Waals surface area (Å²) in [5.41, 5.74) is 6.65. The standard InChI is InChI=1S/C12H16N4O3/c13-12(18)15-4-3-14-6-8-1-2-10-9(5-8)16-11(17)7-19-10/h1-2,5,14H,3-4,6-7H2,(H,16,17)(H3,13,15,18). The van der Waals surface area contributed by atoms with Crippen LogP contribution in [0.1, 0.15) is 5.56 Å². The monoisotopic (exact) mass is 264 g/mol. The molecule has 1 aliphatic rings. The molecule has 0 aliphatic carbocycles. The second-order valence-corrected chi connectivity index (χ2v) is 4.14. The fourth-order valence-corrected chi connectivity index (χ4v) is 1.75. The highest BCUT2D eigenvalue weighted by atomic mass is 16.5. The van der Waals surface area contributed by atoms with Gasteiger partial charge < -0.3 is 26.4 Å². The van der Waals surface area contributed by atoms with Gasteiger partial charge in [-0.25, -0.2) is 4.79 Å². The molecule has 0 atom stereocenters. The summed E-state index contributed by atoms with van der Waals surface area (Å²) in [7, 11) is 0. The summed E-state index contributed by atoms with van der Waals surface area (Å²) in [5.74, 6) is 0.530. The molecular formula is C12H16N4O3. The molecule has 1 heterocycles. The number of anilines is 1. The SMILES string of the molecule is NC(=O)NCCNCc1ccc2c(c1)NC(=O)CO2. The van der Waals surface area contributed by atoms with Crippen LogP contribution in [0.25, 0.3) is 0 Å². The van der Waals surface area contributed by atoms with Crippen LogP contribution in [-0.4, -0.2) is 31.6 Å². The number of ether oxygens (including phenoxy) is 1. The average molecular weight is 264 g/mol. The molecule has 0 unspecified atom stereocenters. The Balaban J connectivity index is 1.83. The summed E-state index contributed by atoms with van der Waals surface area (Å²) in [6.07, 6.45) is 0. The van der Waals surface area contributed by atoms with Crippen molar-refractivity contribution in [2.24, 2.45) is 5.73 Å². The Kier molecular flexibility index (Phi) is 4.19. The maximum atomic E-state index is 11.2. The van der Waals surface area contributed by atoms with Gasteiger partial charge in [0, 0.05) is 19.6 Å². The number of fused-ring (bicyclic) bond motifs is 1. The quantitative estimate of drug-likeness (QED) is 0.551. The predicted molar refractivity (Wildman–Crippen MR) is 69.9 cm³/mol. The largest absolute Gasteiger partial charge is 0.482 e. The number of hydrogen-bond acceptors (Lipinski definition) is 4. The summed E-state index contributed by atoms with van der Waals surface area (Å²) in [6.45, 7) is 1.77. The maximum Gasteiger partial charge on any atom is 0.312 e. The van der Waals surface area contributed by atoms with Crippen LogP contribution in [0.5, 0.6) is 5.75 Å². The number of carbonyl (C=O) groups excluding carboxylic acids is 2. The first-order valence-corrected chi connectivity index (χ1v) is 5.95. The predicted octanol–water partition coefficient (Wildman–Crippen LogP) is -0.225. The summed E-state index contributed by atoms with van der Waals surface area (Å²) in [4.78, 5) is 21.6. The van der Waals surface area contributed by atoms with Crippen LogP contribution >= 0.6 is 0 Å². The molecule has 5 N–H and O–H groups in total. The number of nitrogens with one attached hydrogen (secondary N) is 3. The molecule has 0 spiro atoms. The Bertz CT molecular complexity index is 490. The second-order valence-electron chi connectivity index (χ2n) is 4.14. The van der Waals surface area contributed by atoms with Crippen LogP contribution in [0, 0.1) is 0 Å². The van der Waals surface area contributed by atoms with Gasteiger partial charge in [-0.3, -0.25) is 4.79 Å². The number of nitrogens with two attached hydrogens (primary N) is 1. The second kappa shape index (κ2) is 6.05. The first kappa shape index (κ1) is 13.2. The molecule has 1 aromatic carbocycles. The zero-order chi connectivity index (χ0) is 13.7. The average Bonchev–Trinajstić information content (AvgIpc) is 2.37. The van der Waals surface area contributed by atoms with Crippen LogP contribution in [0.15, 0.2) is 18.2 Å². The Morgan fingerprint density at radius 1 is 1.42 bits per heavy atom. The molecule has 0 fully saturated rings. The molecule has 2 rings (SSSR count). The van der Waals surface area contributed by atoms with E-state index in [-0.39, 0.29) is 12.5 Å². The highest BCUT2D eigenvalue weighted by Gasteiger charge is 2.15. The molecule has 102 valence electrons.